The smallest absolute Gasteiger partial charge is 0.408 e. The standard InChI is InChI=1S/C17H23NO6/c1-3-22-15(19)11-10-14(16(20)23-4-2)18-17(21)24-12-13-8-6-5-7-9-13/h5-9,14H,3-4,10-12H2,1-2H3,(H,18,21). The van der Waals surface area contributed by atoms with E-state index in [1.165, 1.54) is 0 Å². The van der Waals surface area contributed by atoms with Crippen molar-refractivity contribution in [2.24, 2.45) is 0 Å². The van der Waals surface area contributed by atoms with E-state index in [0.29, 0.717) is 0 Å². The Labute approximate surface area is 141 Å². The predicted octanol–water partition coefficient (Wildman–Crippen LogP) is 2.19. The van der Waals surface area contributed by atoms with Crippen LogP contribution in [0.25, 0.3) is 0 Å². The lowest BCUT2D eigenvalue weighted by Crippen LogP contribution is -2.42. The van der Waals surface area contributed by atoms with Crippen LogP contribution in [0.5, 0.6) is 0 Å². The van der Waals surface area contributed by atoms with Crippen molar-refractivity contribution in [3.63, 3.8) is 0 Å². The molecule has 0 aliphatic heterocycles. The van der Waals surface area contributed by atoms with Gasteiger partial charge in [-0.2, -0.15) is 0 Å². The second-order valence-electron chi connectivity index (χ2n) is 4.85. The number of rotatable bonds is 9. The fourth-order valence-corrected chi connectivity index (χ4v) is 1.89. The molecule has 1 amide bonds. The summed E-state index contributed by atoms with van der Waals surface area (Å²) in [5, 5.41) is 2.43. The van der Waals surface area contributed by atoms with Gasteiger partial charge in [-0.25, -0.2) is 9.59 Å². The predicted molar refractivity (Wildman–Crippen MR) is 86.1 cm³/mol. The number of alkyl carbamates (subject to hydrolysis) is 1. The van der Waals surface area contributed by atoms with Crippen molar-refractivity contribution >= 4 is 18.0 Å². The van der Waals surface area contributed by atoms with Gasteiger partial charge in [-0.3, -0.25) is 4.79 Å². The normalized spacial score (nSPS) is 11.2. The van der Waals surface area contributed by atoms with Gasteiger partial charge in [0, 0.05) is 6.42 Å². The highest BCUT2D eigenvalue weighted by Crippen LogP contribution is 2.05. The summed E-state index contributed by atoms with van der Waals surface area (Å²) < 4.78 is 14.8. The Hall–Kier alpha value is -2.57. The number of amides is 1. The topological polar surface area (TPSA) is 90.9 Å². The Kier molecular flexibility index (Phi) is 8.96. The highest BCUT2D eigenvalue weighted by Gasteiger charge is 2.24. The van der Waals surface area contributed by atoms with E-state index in [1.807, 2.05) is 30.3 Å². The number of esters is 2. The molecule has 1 N–H and O–H groups in total. The molecule has 0 aliphatic carbocycles. The van der Waals surface area contributed by atoms with E-state index in [2.05, 4.69) is 5.32 Å². The highest BCUT2D eigenvalue weighted by atomic mass is 16.6. The minimum atomic E-state index is -0.961. The molecule has 0 bridgehead atoms. The summed E-state index contributed by atoms with van der Waals surface area (Å²) in [4.78, 5) is 35.1. The highest BCUT2D eigenvalue weighted by molar-refractivity contribution is 5.82. The van der Waals surface area contributed by atoms with Crippen molar-refractivity contribution in [3.8, 4) is 0 Å². The average molecular weight is 337 g/mol. The van der Waals surface area contributed by atoms with Crippen LogP contribution in [0.4, 0.5) is 4.79 Å². The van der Waals surface area contributed by atoms with Gasteiger partial charge in [0.25, 0.3) is 0 Å². The molecule has 0 heterocycles. The fourth-order valence-electron chi connectivity index (χ4n) is 1.89. The maximum Gasteiger partial charge on any atom is 0.408 e. The zero-order valence-electron chi connectivity index (χ0n) is 13.9. The maximum atomic E-state index is 11.9. The van der Waals surface area contributed by atoms with Gasteiger partial charge in [0.05, 0.1) is 13.2 Å². The Morgan fingerprint density at radius 1 is 1.00 bits per heavy atom. The first-order valence-electron chi connectivity index (χ1n) is 7.86. The molecule has 0 fully saturated rings. The first-order chi connectivity index (χ1) is 11.6. The van der Waals surface area contributed by atoms with E-state index in [-0.39, 0.29) is 32.7 Å². The lowest BCUT2D eigenvalue weighted by Gasteiger charge is -2.16. The number of nitrogens with one attached hydrogen (secondary N) is 1. The molecule has 0 aliphatic rings. The van der Waals surface area contributed by atoms with E-state index in [4.69, 9.17) is 14.2 Å². The van der Waals surface area contributed by atoms with Crippen LogP contribution in [0.15, 0.2) is 30.3 Å². The van der Waals surface area contributed by atoms with Gasteiger partial charge >= 0.3 is 18.0 Å². The van der Waals surface area contributed by atoms with Crippen LogP contribution < -0.4 is 5.32 Å². The van der Waals surface area contributed by atoms with Crippen molar-refractivity contribution in [3.05, 3.63) is 35.9 Å². The largest absolute Gasteiger partial charge is 0.466 e. The monoisotopic (exact) mass is 337 g/mol. The van der Waals surface area contributed by atoms with Crippen LogP contribution in [-0.2, 0) is 30.4 Å². The second kappa shape index (κ2) is 11.0. The third kappa shape index (κ3) is 7.62. The molecule has 1 aromatic rings. The van der Waals surface area contributed by atoms with Crippen molar-refractivity contribution in [2.75, 3.05) is 13.2 Å². The summed E-state index contributed by atoms with van der Waals surface area (Å²) in [5.41, 5.74) is 0.826. The lowest BCUT2D eigenvalue weighted by molar-refractivity contribution is -0.147. The summed E-state index contributed by atoms with van der Waals surface area (Å²) in [6.07, 6.45) is -0.672. The molecule has 1 unspecified atom stereocenters. The minimum absolute atomic E-state index is 0.00368. The van der Waals surface area contributed by atoms with Crippen LogP contribution in [-0.4, -0.2) is 37.3 Å². The summed E-state index contributed by atoms with van der Waals surface area (Å²) in [5.74, 6) is -1.05. The Morgan fingerprint density at radius 3 is 2.29 bits per heavy atom. The van der Waals surface area contributed by atoms with Gasteiger partial charge in [-0.05, 0) is 25.8 Å². The molecular weight excluding hydrogens is 314 g/mol. The van der Waals surface area contributed by atoms with E-state index in [0.717, 1.165) is 5.56 Å². The number of benzene rings is 1. The van der Waals surface area contributed by atoms with Crippen LogP contribution in [0.3, 0.4) is 0 Å². The van der Waals surface area contributed by atoms with Crippen molar-refractivity contribution in [1.82, 2.24) is 5.32 Å². The Bertz CT molecular complexity index is 531. The van der Waals surface area contributed by atoms with Gasteiger partial charge in [-0.1, -0.05) is 30.3 Å². The molecule has 0 spiro atoms. The first-order valence-corrected chi connectivity index (χ1v) is 7.86. The van der Waals surface area contributed by atoms with Gasteiger partial charge in [0.15, 0.2) is 0 Å². The molecule has 0 saturated heterocycles. The average Bonchev–Trinajstić information content (AvgIpc) is 2.58. The maximum absolute atomic E-state index is 11.9. The van der Waals surface area contributed by atoms with E-state index >= 15 is 0 Å². The van der Waals surface area contributed by atoms with E-state index in [9.17, 15) is 14.4 Å². The van der Waals surface area contributed by atoms with Crippen molar-refractivity contribution in [2.45, 2.75) is 39.3 Å². The SMILES string of the molecule is CCOC(=O)CCC(NC(=O)OCc1ccccc1)C(=O)OCC. The van der Waals surface area contributed by atoms with Gasteiger partial charge < -0.3 is 19.5 Å². The number of hydrogen-bond donors (Lipinski definition) is 1. The third-order valence-electron chi connectivity index (χ3n) is 3.02. The quantitative estimate of drug-likeness (QED) is 0.549. The molecule has 132 valence electrons. The summed E-state index contributed by atoms with van der Waals surface area (Å²) in [6, 6.07) is 8.19. The summed E-state index contributed by atoms with van der Waals surface area (Å²) >= 11 is 0. The zero-order chi connectivity index (χ0) is 17.8. The molecule has 0 saturated carbocycles. The number of hydrogen-bond acceptors (Lipinski definition) is 6. The van der Waals surface area contributed by atoms with Crippen LogP contribution >= 0.6 is 0 Å². The molecular formula is C17H23NO6. The van der Waals surface area contributed by atoms with Crippen molar-refractivity contribution < 1.29 is 28.6 Å². The molecule has 1 rings (SSSR count). The van der Waals surface area contributed by atoms with Crippen molar-refractivity contribution in [1.29, 1.82) is 0 Å². The molecule has 0 aromatic heterocycles. The third-order valence-corrected chi connectivity index (χ3v) is 3.02. The Morgan fingerprint density at radius 2 is 1.67 bits per heavy atom. The van der Waals surface area contributed by atoms with Crippen LogP contribution in [0.1, 0.15) is 32.3 Å². The molecule has 1 atom stereocenters. The second-order valence-corrected chi connectivity index (χ2v) is 4.85. The first kappa shape index (κ1) is 19.5. The van der Waals surface area contributed by atoms with E-state index < -0.39 is 24.1 Å². The molecule has 1 aromatic carbocycles. The number of carbonyl (C=O) groups excluding carboxylic acids is 3. The molecule has 24 heavy (non-hydrogen) atoms. The molecule has 0 radical (unpaired) electrons. The summed E-state index contributed by atoms with van der Waals surface area (Å²) in [7, 11) is 0. The van der Waals surface area contributed by atoms with E-state index in [1.54, 1.807) is 13.8 Å². The summed E-state index contributed by atoms with van der Waals surface area (Å²) in [6.45, 7) is 3.87. The zero-order valence-corrected chi connectivity index (χ0v) is 13.9. The lowest BCUT2D eigenvalue weighted by atomic mass is 10.1. The number of ether oxygens (including phenoxy) is 3. The molecule has 7 nitrogen and oxygen atoms in total. The molecule has 7 heteroatoms. The van der Waals surface area contributed by atoms with Gasteiger partial charge in [0.1, 0.15) is 12.6 Å². The fraction of sp³-hybridized carbons (Fsp3) is 0.471. The van der Waals surface area contributed by atoms with Crippen LogP contribution in [0, 0.1) is 0 Å². The van der Waals surface area contributed by atoms with Gasteiger partial charge in [-0.15, -0.1) is 0 Å². The number of carbonyl (C=O) groups is 3. The Balaban J connectivity index is 2.51. The van der Waals surface area contributed by atoms with Crippen LogP contribution in [0.2, 0.25) is 0 Å². The van der Waals surface area contributed by atoms with Gasteiger partial charge in [0.2, 0.25) is 0 Å². The minimum Gasteiger partial charge on any atom is -0.466 e.